The fourth-order valence-electron chi connectivity index (χ4n) is 1.68. The second kappa shape index (κ2) is 5.24. The fourth-order valence-corrected chi connectivity index (χ4v) is 1.68. The zero-order valence-corrected chi connectivity index (χ0v) is 10.1. The normalized spacial score (nSPS) is 11.2. The molecule has 0 radical (unpaired) electrons. The number of alkyl halides is 3. The van der Waals surface area contributed by atoms with E-state index < -0.39 is 17.9 Å². The van der Waals surface area contributed by atoms with Crippen LogP contribution in [0.3, 0.4) is 0 Å². The quantitative estimate of drug-likeness (QED) is 0.693. The third kappa shape index (κ3) is 3.50. The number of ether oxygens (including phenoxy) is 1. The summed E-state index contributed by atoms with van der Waals surface area (Å²) in [7, 11) is 0. The van der Waals surface area contributed by atoms with Crippen LogP contribution in [0, 0.1) is 0 Å². The van der Waals surface area contributed by atoms with Crippen molar-refractivity contribution < 1.29 is 22.7 Å². The molecule has 20 heavy (non-hydrogen) atoms. The van der Waals surface area contributed by atoms with E-state index in [-0.39, 0.29) is 5.56 Å². The first kappa shape index (κ1) is 13.9. The molecule has 0 heterocycles. The summed E-state index contributed by atoms with van der Waals surface area (Å²) in [5.41, 5.74) is 6.36. The molecule has 104 valence electrons. The van der Waals surface area contributed by atoms with Gasteiger partial charge in [0.2, 0.25) is 0 Å². The van der Waals surface area contributed by atoms with Crippen molar-refractivity contribution in [3.8, 4) is 5.75 Å². The topological polar surface area (TPSA) is 52.3 Å². The Hall–Kier alpha value is -2.50. The van der Waals surface area contributed by atoms with Crippen LogP contribution in [-0.2, 0) is 0 Å². The number of ketones is 1. The number of nitrogens with two attached hydrogens (primary N) is 1. The highest BCUT2D eigenvalue weighted by atomic mass is 19.4. The van der Waals surface area contributed by atoms with E-state index >= 15 is 0 Å². The summed E-state index contributed by atoms with van der Waals surface area (Å²) < 4.78 is 40.2. The van der Waals surface area contributed by atoms with Gasteiger partial charge in [0, 0.05) is 16.8 Å². The van der Waals surface area contributed by atoms with Gasteiger partial charge in [0.1, 0.15) is 5.75 Å². The number of halogens is 3. The Morgan fingerprint density at radius 2 is 1.60 bits per heavy atom. The van der Waals surface area contributed by atoms with Gasteiger partial charge in [-0.3, -0.25) is 4.79 Å². The number of rotatable bonds is 3. The minimum absolute atomic E-state index is 0.0948. The van der Waals surface area contributed by atoms with Crippen LogP contribution in [0.25, 0.3) is 0 Å². The third-order valence-electron chi connectivity index (χ3n) is 2.48. The predicted molar refractivity (Wildman–Crippen MR) is 67.4 cm³/mol. The van der Waals surface area contributed by atoms with Crippen molar-refractivity contribution in [3.05, 3.63) is 59.7 Å². The molecule has 0 aromatic heterocycles. The number of hydrogen-bond donors (Lipinski definition) is 1. The Morgan fingerprint density at radius 3 is 2.20 bits per heavy atom. The summed E-state index contributed by atoms with van der Waals surface area (Å²) in [5, 5.41) is 0. The van der Waals surface area contributed by atoms with Gasteiger partial charge in [0.15, 0.2) is 5.78 Å². The molecule has 6 heteroatoms. The smallest absolute Gasteiger partial charge is 0.406 e. The second-order valence-electron chi connectivity index (χ2n) is 4.03. The largest absolute Gasteiger partial charge is 0.573 e. The van der Waals surface area contributed by atoms with Crippen molar-refractivity contribution in [1.82, 2.24) is 0 Å². The average Bonchev–Trinajstić information content (AvgIpc) is 2.36. The molecule has 2 aromatic rings. The Labute approximate surface area is 112 Å². The summed E-state index contributed by atoms with van der Waals surface area (Å²) in [5.74, 6) is -0.864. The predicted octanol–water partition coefficient (Wildman–Crippen LogP) is 3.40. The van der Waals surface area contributed by atoms with Gasteiger partial charge in [-0.25, -0.2) is 0 Å². The Balaban J connectivity index is 2.29. The molecule has 0 amide bonds. The lowest BCUT2D eigenvalue weighted by molar-refractivity contribution is -0.274. The van der Waals surface area contributed by atoms with E-state index in [1.807, 2.05) is 0 Å². The molecular formula is C14H10F3NO2. The van der Waals surface area contributed by atoms with E-state index in [1.54, 1.807) is 12.1 Å². The molecule has 3 nitrogen and oxygen atoms in total. The SMILES string of the molecule is Nc1cccc(C(=O)c2cccc(OC(F)(F)F)c2)c1. The van der Waals surface area contributed by atoms with Crippen molar-refractivity contribution >= 4 is 11.5 Å². The molecule has 2 N–H and O–H groups in total. The van der Waals surface area contributed by atoms with E-state index in [2.05, 4.69) is 4.74 Å². The number of nitrogen functional groups attached to an aromatic ring is 1. The van der Waals surface area contributed by atoms with Gasteiger partial charge in [0.25, 0.3) is 0 Å². The van der Waals surface area contributed by atoms with Crippen molar-refractivity contribution in [3.63, 3.8) is 0 Å². The maximum Gasteiger partial charge on any atom is 0.573 e. The Morgan fingerprint density at radius 1 is 1.00 bits per heavy atom. The number of carbonyl (C=O) groups is 1. The molecule has 0 aliphatic carbocycles. The van der Waals surface area contributed by atoms with Gasteiger partial charge >= 0.3 is 6.36 Å². The molecule has 0 bridgehead atoms. The lowest BCUT2D eigenvalue weighted by Crippen LogP contribution is -2.17. The minimum atomic E-state index is -4.79. The molecule has 0 spiro atoms. The van der Waals surface area contributed by atoms with E-state index in [9.17, 15) is 18.0 Å². The molecule has 0 aliphatic heterocycles. The van der Waals surface area contributed by atoms with Crippen LogP contribution >= 0.6 is 0 Å². The van der Waals surface area contributed by atoms with Crippen LogP contribution < -0.4 is 10.5 Å². The third-order valence-corrected chi connectivity index (χ3v) is 2.48. The highest BCUT2D eigenvalue weighted by Gasteiger charge is 2.31. The van der Waals surface area contributed by atoms with E-state index in [0.717, 1.165) is 12.1 Å². The zero-order valence-electron chi connectivity index (χ0n) is 10.1. The Bertz CT molecular complexity index is 638. The van der Waals surface area contributed by atoms with Crippen LogP contribution in [0.15, 0.2) is 48.5 Å². The van der Waals surface area contributed by atoms with Gasteiger partial charge in [-0.05, 0) is 24.3 Å². The minimum Gasteiger partial charge on any atom is -0.406 e. The van der Waals surface area contributed by atoms with Crippen molar-refractivity contribution in [2.24, 2.45) is 0 Å². The first-order valence-corrected chi connectivity index (χ1v) is 5.61. The zero-order chi connectivity index (χ0) is 14.8. The molecule has 0 saturated carbocycles. The first-order valence-electron chi connectivity index (χ1n) is 5.61. The molecule has 0 aliphatic rings. The van der Waals surface area contributed by atoms with Crippen molar-refractivity contribution in [1.29, 1.82) is 0 Å². The van der Waals surface area contributed by atoms with Gasteiger partial charge in [-0.2, -0.15) is 0 Å². The second-order valence-corrected chi connectivity index (χ2v) is 4.03. The average molecular weight is 281 g/mol. The number of benzene rings is 2. The molecule has 0 saturated heterocycles. The van der Waals surface area contributed by atoms with E-state index in [4.69, 9.17) is 5.73 Å². The van der Waals surface area contributed by atoms with Gasteiger partial charge in [0.05, 0.1) is 0 Å². The van der Waals surface area contributed by atoms with Crippen LogP contribution in [0.1, 0.15) is 15.9 Å². The molecule has 0 atom stereocenters. The van der Waals surface area contributed by atoms with E-state index in [1.165, 1.54) is 24.3 Å². The molecule has 0 unspecified atom stereocenters. The summed E-state index contributed by atoms with van der Waals surface area (Å²) in [4.78, 5) is 12.1. The molecule has 2 aromatic carbocycles. The van der Waals surface area contributed by atoms with Crippen LogP contribution in [0.5, 0.6) is 5.75 Å². The first-order chi connectivity index (χ1) is 9.35. The van der Waals surface area contributed by atoms with E-state index in [0.29, 0.717) is 11.3 Å². The van der Waals surface area contributed by atoms with Crippen molar-refractivity contribution in [2.75, 3.05) is 5.73 Å². The highest BCUT2D eigenvalue weighted by molar-refractivity contribution is 6.09. The summed E-state index contributed by atoms with van der Waals surface area (Å²) in [6.07, 6.45) is -4.79. The van der Waals surface area contributed by atoms with Crippen LogP contribution in [-0.4, -0.2) is 12.1 Å². The van der Waals surface area contributed by atoms with Crippen LogP contribution in [0.2, 0.25) is 0 Å². The molecule has 2 rings (SSSR count). The number of carbonyl (C=O) groups excluding carboxylic acids is 1. The fraction of sp³-hybridized carbons (Fsp3) is 0.0714. The number of anilines is 1. The van der Waals surface area contributed by atoms with Crippen LogP contribution in [0.4, 0.5) is 18.9 Å². The lowest BCUT2D eigenvalue weighted by atomic mass is 10.0. The maximum atomic E-state index is 12.1. The van der Waals surface area contributed by atoms with Gasteiger partial charge in [-0.15, -0.1) is 13.2 Å². The molecule has 0 fully saturated rings. The Kier molecular flexibility index (Phi) is 3.65. The highest BCUT2D eigenvalue weighted by Crippen LogP contribution is 2.24. The maximum absolute atomic E-state index is 12.1. The lowest BCUT2D eigenvalue weighted by Gasteiger charge is -2.09. The van der Waals surface area contributed by atoms with Gasteiger partial charge < -0.3 is 10.5 Å². The van der Waals surface area contributed by atoms with Crippen molar-refractivity contribution in [2.45, 2.75) is 6.36 Å². The standard InChI is InChI=1S/C14H10F3NO2/c15-14(16,17)20-12-6-2-4-10(8-12)13(19)9-3-1-5-11(18)7-9/h1-8H,18H2. The summed E-state index contributed by atoms with van der Waals surface area (Å²) in [6, 6.07) is 11.1. The molecular weight excluding hydrogens is 271 g/mol. The van der Waals surface area contributed by atoms with Gasteiger partial charge in [-0.1, -0.05) is 24.3 Å². The summed E-state index contributed by atoms with van der Waals surface area (Å²) >= 11 is 0. The summed E-state index contributed by atoms with van der Waals surface area (Å²) in [6.45, 7) is 0. The number of hydrogen-bond acceptors (Lipinski definition) is 3. The monoisotopic (exact) mass is 281 g/mol.